The number of benzene rings is 2. The molecule has 2 aromatic rings. The number of hydrogen-bond donors (Lipinski definition) is 1. The molecule has 1 N–H and O–H groups in total. The fourth-order valence-electron chi connectivity index (χ4n) is 3.05. The lowest BCUT2D eigenvalue weighted by Gasteiger charge is -2.20. The Balaban J connectivity index is 1.99. The maximum atomic E-state index is 12.3. The zero-order valence-electron chi connectivity index (χ0n) is 17.9. The van der Waals surface area contributed by atoms with Crippen molar-refractivity contribution in [3.8, 4) is 11.5 Å². The van der Waals surface area contributed by atoms with Crippen LogP contribution in [0.15, 0.2) is 48.5 Å². The van der Waals surface area contributed by atoms with Crippen molar-refractivity contribution in [3.05, 3.63) is 65.2 Å². The lowest BCUT2D eigenvalue weighted by atomic mass is 10.1. The highest BCUT2D eigenvalue weighted by Gasteiger charge is 2.07. The first kappa shape index (κ1) is 22.5. The fourth-order valence-corrected chi connectivity index (χ4v) is 3.05. The molecule has 0 saturated carbocycles. The standard InChI is InChI=1S/C24H32N2O3/c1-5-26(6-2)18-21-11-9-8-10-20(21)17-25-24(27)15-13-19-12-14-22(28-4)23(16-19)29-7-3/h8-16H,5-7,17-18H2,1-4H3,(H,25,27). The number of carbonyl (C=O) groups is 1. The van der Waals surface area contributed by atoms with Crippen molar-refractivity contribution in [3.63, 3.8) is 0 Å². The first-order valence-electron chi connectivity index (χ1n) is 10.2. The Morgan fingerprint density at radius 1 is 1.03 bits per heavy atom. The van der Waals surface area contributed by atoms with E-state index in [1.54, 1.807) is 19.3 Å². The first-order valence-corrected chi connectivity index (χ1v) is 10.2. The molecule has 0 aliphatic heterocycles. The maximum absolute atomic E-state index is 12.3. The molecule has 0 saturated heterocycles. The van der Waals surface area contributed by atoms with Gasteiger partial charge in [-0.3, -0.25) is 9.69 Å². The van der Waals surface area contributed by atoms with E-state index in [0.29, 0.717) is 24.7 Å². The minimum atomic E-state index is -0.128. The zero-order valence-corrected chi connectivity index (χ0v) is 17.9. The van der Waals surface area contributed by atoms with Crippen LogP contribution in [-0.4, -0.2) is 37.6 Å². The van der Waals surface area contributed by atoms with Crippen molar-refractivity contribution in [2.45, 2.75) is 33.9 Å². The number of ether oxygens (including phenoxy) is 2. The Morgan fingerprint density at radius 2 is 1.76 bits per heavy atom. The van der Waals surface area contributed by atoms with Crippen molar-refractivity contribution in [1.29, 1.82) is 0 Å². The van der Waals surface area contributed by atoms with Gasteiger partial charge in [0.05, 0.1) is 13.7 Å². The van der Waals surface area contributed by atoms with E-state index in [-0.39, 0.29) is 5.91 Å². The van der Waals surface area contributed by atoms with Crippen molar-refractivity contribution in [2.75, 3.05) is 26.8 Å². The van der Waals surface area contributed by atoms with Crippen LogP contribution in [0.3, 0.4) is 0 Å². The van der Waals surface area contributed by atoms with Gasteiger partial charge in [0, 0.05) is 19.2 Å². The smallest absolute Gasteiger partial charge is 0.244 e. The van der Waals surface area contributed by atoms with Crippen LogP contribution in [-0.2, 0) is 17.9 Å². The fraction of sp³-hybridized carbons (Fsp3) is 0.375. The molecule has 5 nitrogen and oxygen atoms in total. The predicted molar refractivity (Wildman–Crippen MR) is 118 cm³/mol. The predicted octanol–water partition coefficient (Wildman–Crippen LogP) is 4.27. The summed E-state index contributed by atoms with van der Waals surface area (Å²) in [5, 5.41) is 2.98. The number of rotatable bonds is 11. The summed E-state index contributed by atoms with van der Waals surface area (Å²) in [5.74, 6) is 1.22. The van der Waals surface area contributed by atoms with Crippen molar-refractivity contribution >= 4 is 12.0 Å². The first-order chi connectivity index (χ1) is 14.1. The largest absolute Gasteiger partial charge is 0.493 e. The molecule has 2 rings (SSSR count). The molecule has 0 atom stereocenters. The summed E-state index contributed by atoms with van der Waals surface area (Å²) >= 11 is 0. The second kappa shape index (κ2) is 11.9. The van der Waals surface area contributed by atoms with Gasteiger partial charge in [0.2, 0.25) is 5.91 Å². The molecule has 29 heavy (non-hydrogen) atoms. The van der Waals surface area contributed by atoms with E-state index in [1.165, 1.54) is 5.56 Å². The van der Waals surface area contributed by atoms with Gasteiger partial charge in [-0.05, 0) is 54.9 Å². The molecule has 0 bridgehead atoms. The Morgan fingerprint density at radius 3 is 2.41 bits per heavy atom. The van der Waals surface area contributed by atoms with Gasteiger partial charge in [-0.15, -0.1) is 0 Å². The topological polar surface area (TPSA) is 50.8 Å². The highest BCUT2D eigenvalue weighted by atomic mass is 16.5. The second-order valence-electron chi connectivity index (χ2n) is 6.62. The van der Waals surface area contributed by atoms with Crippen LogP contribution in [0.25, 0.3) is 6.08 Å². The Hall–Kier alpha value is -2.79. The van der Waals surface area contributed by atoms with Crippen LogP contribution in [0.5, 0.6) is 11.5 Å². The van der Waals surface area contributed by atoms with Crippen molar-refractivity contribution in [1.82, 2.24) is 10.2 Å². The van der Waals surface area contributed by atoms with Gasteiger partial charge in [0.25, 0.3) is 0 Å². The van der Waals surface area contributed by atoms with Gasteiger partial charge in [-0.25, -0.2) is 0 Å². The van der Waals surface area contributed by atoms with Gasteiger partial charge in [-0.2, -0.15) is 0 Å². The molecule has 5 heteroatoms. The Labute approximate surface area is 174 Å². The van der Waals surface area contributed by atoms with Crippen molar-refractivity contribution in [2.24, 2.45) is 0 Å². The van der Waals surface area contributed by atoms with Crippen LogP contribution < -0.4 is 14.8 Å². The average Bonchev–Trinajstić information content (AvgIpc) is 2.75. The quantitative estimate of drug-likeness (QED) is 0.577. The Kier molecular flexibility index (Phi) is 9.25. The molecule has 0 aliphatic rings. The van der Waals surface area contributed by atoms with E-state index in [1.807, 2.05) is 37.3 Å². The molecule has 0 aliphatic carbocycles. The van der Waals surface area contributed by atoms with Crippen LogP contribution in [0, 0.1) is 0 Å². The summed E-state index contributed by atoms with van der Waals surface area (Å²) in [4.78, 5) is 14.7. The summed E-state index contributed by atoms with van der Waals surface area (Å²) < 4.78 is 10.9. The molecule has 0 fully saturated rings. The number of nitrogens with zero attached hydrogens (tertiary/aromatic N) is 1. The number of carbonyl (C=O) groups excluding carboxylic acids is 1. The van der Waals surface area contributed by atoms with Crippen molar-refractivity contribution < 1.29 is 14.3 Å². The molecular formula is C24H32N2O3. The minimum Gasteiger partial charge on any atom is -0.493 e. The minimum absolute atomic E-state index is 0.128. The highest BCUT2D eigenvalue weighted by Crippen LogP contribution is 2.28. The number of amides is 1. The Bertz CT molecular complexity index is 814. The average molecular weight is 397 g/mol. The number of methoxy groups -OCH3 is 1. The van der Waals surface area contributed by atoms with E-state index < -0.39 is 0 Å². The molecule has 0 radical (unpaired) electrons. The number of hydrogen-bond acceptors (Lipinski definition) is 4. The summed E-state index contributed by atoms with van der Waals surface area (Å²) in [6.07, 6.45) is 3.32. The third-order valence-corrected chi connectivity index (χ3v) is 4.77. The summed E-state index contributed by atoms with van der Waals surface area (Å²) in [6, 6.07) is 13.9. The van der Waals surface area contributed by atoms with Crippen LogP contribution in [0.4, 0.5) is 0 Å². The molecule has 1 amide bonds. The number of nitrogens with one attached hydrogen (secondary N) is 1. The normalized spacial score (nSPS) is 11.1. The summed E-state index contributed by atoms with van der Waals surface area (Å²) in [6.45, 7) is 10.2. The van der Waals surface area contributed by atoms with Gasteiger partial charge in [0.15, 0.2) is 11.5 Å². The molecular weight excluding hydrogens is 364 g/mol. The molecule has 156 valence electrons. The van der Waals surface area contributed by atoms with Crippen LogP contribution in [0.2, 0.25) is 0 Å². The van der Waals surface area contributed by atoms with E-state index in [0.717, 1.165) is 30.8 Å². The zero-order chi connectivity index (χ0) is 21.1. The van der Waals surface area contributed by atoms with E-state index in [4.69, 9.17) is 9.47 Å². The second-order valence-corrected chi connectivity index (χ2v) is 6.62. The van der Waals surface area contributed by atoms with Gasteiger partial charge >= 0.3 is 0 Å². The third-order valence-electron chi connectivity index (χ3n) is 4.77. The molecule has 2 aromatic carbocycles. The van der Waals surface area contributed by atoms with Gasteiger partial charge < -0.3 is 14.8 Å². The van der Waals surface area contributed by atoms with Crippen LogP contribution in [0.1, 0.15) is 37.5 Å². The highest BCUT2D eigenvalue weighted by molar-refractivity contribution is 5.91. The lowest BCUT2D eigenvalue weighted by molar-refractivity contribution is -0.116. The van der Waals surface area contributed by atoms with E-state index >= 15 is 0 Å². The SMILES string of the molecule is CCOc1cc(C=CC(=O)NCc2ccccc2CN(CC)CC)ccc1OC. The molecule has 0 aromatic heterocycles. The summed E-state index contributed by atoms with van der Waals surface area (Å²) in [7, 11) is 1.61. The molecule has 0 heterocycles. The van der Waals surface area contributed by atoms with Crippen LogP contribution >= 0.6 is 0 Å². The van der Waals surface area contributed by atoms with E-state index in [9.17, 15) is 4.79 Å². The molecule has 0 spiro atoms. The maximum Gasteiger partial charge on any atom is 0.244 e. The summed E-state index contributed by atoms with van der Waals surface area (Å²) in [5.41, 5.74) is 3.27. The monoisotopic (exact) mass is 396 g/mol. The van der Waals surface area contributed by atoms with E-state index in [2.05, 4.69) is 36.2 Å². The van der Waals surface area contributed by atoms with Gasteiger partial charge in [0.1, 0.15) is 0 Å². The third kappa shape index (κ3) is 6.95. The van der Waals surface area contributed by atoms with Gasteiger partial charge in [-0.1, -0.05) is 44.2 Å². The lowest BCUT2D eigenvalue weighted by Crippen LogP contribution is -2.25. The molecule has 0 unspecified atom stereocenters.